The van der Waals surface area contributed by atoms with Crippen LogP contribution in [0.2, 0.25) is 5.02 Å². The van der Waals surface area contributed by atoms with Gasteiger partial charge in [0.1, 0.15) is 11.0 Å². The number of aryl methyl sites for hydroxylation is 2. The number of hydrogen-bond acceptors (Lipinski definition) is 6. The molecular weight excluding hydrogens is 584 g/mol. The fourth-order valence-electron chi connectivity index (χ4n) is 5.67. The summed E-state index contributed by atoms with van der Waals surface area (Å²) in [5, 5.41) is 15.6. The molecule has 1 fully saturated rings. The first-order chi connectivity index (χ1) is 20.6. The third-order valence-electron chi connectivity index (χ3n) is 7.84. The highest BCUT2D eigenvalue weighted by molar-refractivity contribution is 7.13. The molecule has 0 bridgehead atoms. The minimum absolute atomic E-state index is 0.0316. The van der Waals surface area contributed by atoms with Crippen LogP contribution in [0.3, 0.4) is 0 Å². The molecule has 3 heterocycles. The molecule has 0 aliphatic carbocycles. The first kappa shape index (κ1) is 30.7. The molecule has 0 saturated carbocycles. The van der Waals surface area contributed by atoms with E-state index >= 15 is 0 Å². The summed E-state index contributed by atoms with van der Waals surface area (Å²) in [7, 11) is 0. The SMILES string of the molecule is CCc1cccc(CC)c1-n1c(C(C)C)c(C(=O)N2CCNC(C(=O)O)C2)cc(-c2nc(-c3ccc(Cl)cc3)cs2)c1=O. The number of aromatic nitrogens is 2. The number of thiazole rings is 1. The fraction of sp³-hybridized carbons (Fsp3) is 0.333. The number of hydrogen-bond donors (Lipinski definition) is 2. The lowest BCUT2D eigenvalue weighted by Crippen LogP contribution is -2.56. The molecule has 10 heteroatoms. The lowest BCUT2D eigenvalue weighted by Gasteiger charge is -2.33. The van der Waals surface area contributed by atoms with Gasteiger partial charge in [-0.25, -0.2) is 4.98 Å². The van der Waals surface area contributed by atoms with E-state index in [4.69, 9.17) is 16.6 Å². The molecule has 8 nitrogen and oxygen atoms in total. The Labute approximate surface area is 260 Å². The highest BCUT2D eigenvalue weighted by atomic mass is 35.5. The Balaban J connectivity index is 1.78. The Morgan fingerprint density at radius 3 is 2.40 bits per heavy atom. The molecule has 4 aromatic rings. The molecule has 43 heavy (non-hydrogen) atoms. The third-order valence-corrected chi connectivity index (χ3v) is 8.97. The summed E-state index contributed by atoms with van der Waals surface area (Å²) in [5.41, 5.74) is 5.47. The molecule has 0 spiro atoms. The molecule has 2 N–H and O–H groups in total. The molecule has 1 aliphatic heterocycles. The van der Waals surface area contributed by atoms with Crippen molar-refractivity contribution in [3.63, 3.8) is 0 Å². The van der Waals surface area contributed by atoms with Gasteiger partial charge in [-0.1, -0.05) is 69.6 Å². The van der Waals surface area contributed by atoms with Crippen molar-refractivity contribution in [2.24, 2.45) is 0 Å². The van der Waals surface area contributed by atoms with Gasteiger partial charge in [0.15, 0.2) is 0 Å². The van der Waals surface area contributed by atoms with Crippen molar-refractivity contribution in [2.75, 3.05) is 19.6 Å². The smallest absolute Gasteiger partial charge is 0.322 e. The molecular formula is C33H35ClN4O4S. The summed E-state index contributed by atoms with van der Waals surface area (Å²) in [6, 6.07) is 14.2. The molecule has 1 saturated heterocycles. The van der Waals surface area contributed by atoms with Crippen molar-refractivity contribution in [2.45, 2.75) is 52.5 Å². The first-order valence-electron chi connectivity index (χ1n) is 14.5. The minimum atomic E-state index is -1.01. The van der Waals surface area contributed by atoms with E-state index < -0.39 is 12.0 Å². The van der Waals surface area contributed by atoms with E-state index in [1.165, 1.54) is 11.3 Å². The van der Waals surface area contributed by atoms with Crippen molar-refractivity contribution in [3.8, 4) is 27.5 Å². The zero-order valence-electron chi connectivity index (χ0n) is 24.7. The molecule has 2 aromatic carbocycles. The highest BCUT2D eigenvalue weighted by Gasteiger charge is 2.32. The summed E-state index contributed by atoms with van der Waals surface area (Å²) in [6.45, 7) is 8.81. The van der Waals surface area contributed by atoms with Gasteiger partial charge in [0, 0.05) is 41.3 Å². The molecule has 224 valence electrons. The number of halogens is 1. The predicted octanol–water partition coefficient (Wildman–Crippen LogP) is 6.03. The van der Waals surface area contributed by atoms with E-state index in [-0.39, 0.29) is 23.9 Å². The second kappa shape index (κ2) is 12.8. The van der Waals surface area contributed by atoms with E-state index in [0.717, 1.165) is 22.4 Å². The van der Waals surface area contributed by atoms with Crippen molar-refractivity contribution < 1.29 is 14.7 Å². The number of piperazine rings is 1. The second-order valence-electron chi connectivity index (χ2n) is 10.9. The summed E-state index contributed by atoms with van der Waals surface area (Å²) in [5.74, 6) is -1.49. The Bertz CT molecular complexity index is 1710. The highest BCUT2D eigenvalue weighted by Crippen LogP contribution is 2.33. The first-order valence-corrected chi connectivity index (χ1v) is 15.8. The number of carbonyl (C=O) groups is 2. The average molecular weight is 619 g/mol. The molecule has 1 aliphatic rings. The second-order valence-corrected chi connectivity index (χ2v) is 12.2. The van der Waals surface area contributed by atoms with Crippen LogP contribution in [0.15, 0.2) is 58.7 Å². The van der Waals surface area contributed by atoms with Crippen LogP contribution in [-0.4, -0.2) is 57.1 Å². The van der Waals surface area contributed by atoms with Gasteiger partial charge >= 0.3 is 5.97 Å². The quantitative estimate of drug-likeness (QED) is 0.250. The van der Waals surface area contributed by atoms with Crippen molar-refractivity contribution in [3.05, 3.63) is 91.7 Å². The molecule has 1 atom stereocenters. The zero-order chi connectivity index (χ0) is 30.8. The maximum absolute atomic E-state index is 14.6. The number of nitrogens with zero attached hydrogens (tertiary/aromatic N) is 3. The number of pyridine rings is 1. The molecule has 1 unspecified atom stereocenters. The van der Waals surface area contributed by atoms with Gasteiger partial charge in [-0.3, -0.25) is 19.0 Å². The fourth-order valence-corrected chi connectivity index (χ4v) is 6.63. The van der Waals surface area contributed by atoms with E-state index in [1.807, 2.05) is 49.6 Å². The third kappa shape index (κ3) is 6.02. The van der Waals surface area contributed by atoms with Crippen LogP contribution in [0.1, 0.15) is 60.8 Å². The van der Waals surface area contributed by atoms with Crippen LogP contribution >= 0.6 is 22.9 Å². The van der Waals surface area contributed by atoms with Crippen LogP contribution in [0, 0.1) is 0 Å². The van der Waals surface area contributed by atoms with Gasteiger partial charge in [-0.15, -0.1) is 11.3 Å². The van der Waals surface area contributed by atoms with E-state index in [1.54, 1.807) is 27.7 Å². The molecule has 5 rings (SSSR count). The lowest BCUT2D eigenvalue weighted by atomic mass is 9.96. The number of aliphatic carboxylic acids is 1. The molecule has 2 aromatic heterocycles. The number of carbonyl (C=O) groups excluding carboxylic acids is 1. The summed E-state index contributed by atoms with van der Waals surface area (Å²) >= 11 is 7.43. The Morgan fingerprint density at radius 1 is 1.12 bits per heavy atom. The van der Waals surface area contributed by atoms with Crippen molar-refractivity contribution >= 4 is 34.8 Å². The Kier molecular flexibility index (Phi) is 9.15. The number of benzene rings is 2. The average Bonchev–Trinajstić information content (AvgIpc) is 3.50. The Morgan fingerprint density at radius 2 is 1.79 bits per heavy atom. The van der Waals surface area contributed by atoms with Gasteiger partial charge < -0.3 is 15.3 Å². The largest absolute Gasteiger partial charge is 0.480 e. The molecule has 1 amide bonds. The number of para-hydroxylation sites is 1. The van der Waals surface area contributed by atoms with E-state index in [0.29, 0.717) is 58.5 Å². The Hall–Kier alpha value is -3.79. The van der Waals surface area contributed by atoms with Gasteiger partial charge in [0.25, 0.3) is 11.5 Å². The minimum Gasteiger partial charge on any atom is -0.480 e. The zero-order valence-corrected chi connectivity index (χ0v) is 26.3. The number of carboxylic acid groups (broad SMARTS) is 1. The van der Waals surface area contributed by atoms with Gasteiger partial charge in [-0.05, 0) is 48.1 Å². The number of rotatable bonds is 8. The van der Waals surface area contributed by atoms with Crippen LogP contribution in [0.25, 0.3) is 27.5 Å². The van der Waals surface area contributed by atoms with Crippen LogP contribution < -0.4 is 10.9 Å². The predicted molar refractivity (Wildman–Crippen MR) is 172 cm³/mol. The van der Waals surface area contributed by atoms with Gasteiger partial charge in [0.2, 0.25) is 0 Å². The molecule has 0 radical (unpaired) electrons. The number of amides is 1. The van der Waals surface area contributed by atoms with Crippen molar-refractivity contribution in [1.82, 2.24) is 19.8 Å². The number of carboxylic acids is 1. The topological polar surface area (TPSA) is 105 Å². The van der Waals surface area contributed by atoms with Crippen LogP contribution in [0.4, 0.5) is 0 Å². The maximum Gasteiger partial charge on any atom is 0.322 e. The van der Waals surface area contributed by atoms with Crippen LogP contribution in [-0.2, 0) is 17.6 Å². The van der Waals surface area contributed by atoms with E-state index in [2.05, 4.69) is 19.2 Å². The van der Waals surface area contributed by atoms with Crippen molar-refractivity contribution in [1.29, 1.82) is 0 Å². The summed E-state index contributed by atoms with van der Waals surface area (Å²) in [6.07, 6.45) is 1.41. The normalized spacial score (nSPS) is 15.2. The van der Waals surface area contributed by atoms with Gasteiger partial charge in [0.05, 0.1) is 22.5 Å². The monoisotopic (exact) mass is 618 g/mol. The summed E-state index contributed by atoms with van der Waals surface area (Å²) in [4.78, 5) is 47.1. The van der Waals surface area contributed by atoms with Crippen LogP contribution in [0.5, 0.6) is 0 Å². The maximum atomic E-state index is 14.6. The van der Waals surface area contributed by atoms with E-state index in [9.17, 15) is 19.5 Å². The standard InChI is InChI=1S/C33H35ClN4O4S/c1-5-20-8-7-9-21(6-2)29(20)38-28(19(3)4)24(31(39)37-15-14-35-26(17-37)33(41)42)16-25(32(38)40)30-36-27(18-43-30)22-10-12-23(34)13-11-22/h7-13,16,18-19,26,35H,5-6,14-15,17H2,1-4H3,(H,41,42). The summed E-state index contributed by atoms with van der Waals surface area (Å²) < 4.78 is 1.73. The van der Waals surface area contributed by atoms with Gasteiger partial charge in [-0.2, -0.15) is 0 Å². The number of nitrogens with one attached hydrogen (secondary N) is 1. The lowest BCUT2D eigenvalue weighted by molar-refractivity contribution is -0.140.